The summed E-state index contributed by atoms with van der Waals surface area (Å²) >= 11 is 6.81. The Kier molecular flexibility index (Phi) is 5.28. The maximum absolute atomic E-state index is 12.0. The van der Waals surface area contributed by atoms with E-state index in [0.717, 1.165) is 21.8 Å². The Bertz CT molecular complexity index is 459. The lowest BCUT2D eigenvalue weighted by molar-refractivity contribution is -0.128. The van der Waals surface area contributed by atoms with Gasteiger partial charge in [0.1, 0.15) is 5.75 Å². The van der Waals surface area contributed by atoms with Crippen LogP contribution in [0.25, 0.3) is 0 Å². The van der Waals surface area contributed by atoms with Crippen molar-refractivity contribution in [3.05, 3.63) is 27.1 Å². The van der Waals surface area contributed by atoms with Crippen molar-refractivity contribution in [2.24, 2.45) is 0 Å². The molecule has 1 N–H and O–H groups in total. The molecule has 3 nitrogen and oxygen atoms in total. The Morgan fingerprint density at radius 3 is 2.68 bits per heavy atom. The first-order valence-corrected chi connectivity index (χ1v) is 8.07. The summed E-state index contributed by atoms with van der Waals surface area (Å²) in [5.74, 6) is 0.638. The third-order valence-electron chi connectivity index (χ3n) is 3.27. The van der Waals surface area contributed by atoms with Crippen molar-refractivity contribution in [1.82, 2.24) is 5.32 Å². The topological polar surface area (TPSA) is 38.3 Å². The van der Waals surface area contributed by atoms with Crippen LogP contribution < -0.4 is 10.1 Å². The van der Waals surface area contributed by atoms with Gasteiger partial charge in [-0.05, 0) is 53.9 Å². The molecule has 1 aromatic rings. The Labute approximate surface area is 130 Å². The first kappa shape index (κ1) is 14.9. The van der Waals surface area contributed by atoms with Gasteiger partial charge in [0.15, 0.2) is 6.10 Å². The molecule has 1 amide bonds. The maximum Gasteiger partial charge on any atom is 0.260 e. The molecule has 1 fully saturated rings. The van der Waals surface area contributed by atoms with Crippen LogP contribution in [0.1, 0.15) is 32.6 Å². The summed E-state index contributed by atoms with van der Waals surface area (Å²) in [6.45, 7) is 1.78. The van der Waals surface area contributed by atoms with Gasteiger partial charge in [-0.2, -0.15) is 0 Å². The molecule has 1 aliphatic carbocycles. The highest BCUT2D eigenvalue weighted by atomic mass is 79.9. The highest BCUT2D eigenvalue weighted by molar-refractivity contribution is 9.11. The van der Waals surface area contributed by atoms with E-state index >= 15 is 0 Å². The van der Waals surface area contributed by atoms with E-state index in [1.165, 1.54) is 12.8 Å². The third kappa shape index (κ3) is 4.21. The molecular formula is C14H17Br2NO2. The zero-order valence-electron chi connectivity index (χ0n) is 10.8. The number of rotatable bonds is 4. The van der Waals surface area contributed by atoms with E-state index in [1.807, 2.05) is 18.2 Å². The van der Waals surface area contributed by atoms with Crippen LogP contribution in [-0.2, 0) is 4.79 Å². The first-order valence-electron chi connectivity index (χ1n) is 6.48. The van der Waals surface area contributed by atoms with Crippen molar-refractivity contribution >= 4 is 37.8 Å². The van der Waals surface area contributed by atoms with Crippen molar-refractivity contribution in [3.8, 4) is 5.75 Å². The lowest BCUT2D eigenvalue weighted by atomic mass is 10.2. The molecule has 1 saturated carbocycles. The molecule has 0 heterocycles. The monoisotopic (exact) mass is 389 g/mol. The summed E-state index contributed by atoms with van der Waals surface area (Å²) in [6, 6.07) is 5.96. The maximum atomic E-state index is 12.0. The minimum absolute atomic E-state index is 0.0401. The molecule has 1 aliphatic rings. The second-order valence-electron chi connectivity index (χ2n) is 4.82. The lowest BCUT2D eigenvalue weighted by Gasteiger charge is -2.18. The number of hydrogen-bond donors (Lipinski definition) is 1. The van der Waals surface area contributed by atoms with Gasteiger partial charge in [0.05, 0.1) is 4.47 Å². The minimum Gasteiger partial charge on any atom is -0.480 e. The fourth-order valence-electron chi connectivity index (χ4n) is 2.20. The number of carbonyl (C=O) groups is 1. The molecule has 1 aromatic carbocycles. The normalized spacial score (nSPS) is 17.2. The van der Waals surface area contributed by atoms with E-state index in [1.54, 1.807) is 6.92 Å². The van der Waals surface area contributed by atoms with Crippen molar-refractivity contribution in [2.75, 3.05) is 0 Å². The summed E-state index contributed by atoms with van der Waals surface area (Å²) in [5, 5.41) is 3.04. The van der Waals surface area contributed by atoms with Gasteiger partial charge in [-0.3, -0.25) is 4.79 Å². The number of benzene rings is 1. The molecule has 0 unspecified atom stereocenters. The summed E-state index contributed by atoms with van der Waals surface area (Å²) in [6.07, 6.45) is 4.09. The number of ether oxygens (including phenoxy) is 1. The Balaban J connectivity index is 1.92. The van der Waals surface area contributed by atoms with Gasteiger partial charge >= 0.3 is 0 Å². The van der Waals surface area contributed by atoms with E-state index in [2.05, 4.69) is 37.2 Å². The molecule has 0 radical (unpaired) electrons. The van der Waals surface area contributed by atoms with E-state index < -0.39 is 6.10 Å². The van der Waals surface area contributed by atoms with E-state index in [9.17, 15) is 4.79 Å². The van der Waals surface area contributed by atoms with Gasteiger partial charge in [0.25, 0.3) is 5.91 Å². The number of halogens is 2. The van der Waals surface area contributed by atoms with E-state index in [0.29, 0.717) is 11.8 Å². The molecule has 0 aromatic heterocycles. The smallest absolute Gasteiger partial charge is 0.260 e. The van der Waals surface area contributed by atoms with Gasteiger partial charge in [-0.25, -0.2) is 0 Å². The van der Waals surface area contributed by atoms with Crippen molar-refractivity contribution < 1.29 is 9.53 Å². The van der Waals surface area contributed by atoms with Gasteiger partial charge in [0, 0.05) is 10.5 Å². The van der Waals surface area contributed by atoms with E-state index in [4.69, 9.17) is 4.74 Å². The fourth-order valence-corrected chi connectivity index (χ4v) is 3.34. The van der Waals surface area contributed by atoms with Crippen molar-refractivity contribution in [1.29, 1.82) is 0 Å². The van der Waals surface area contributed by atoms with Crippen LogP contribution in [0.3, 0.4) is 0 Å². The van der Waals surface area contributed by atoms with Crippen molar-refractivity contribution in [3.63, 3.8) is 0 Å². The molecule has 5 heteroatoms. The van der Waals surface area contributed by atoms with Gasteiger partial charge < -0.3 is 10.1 Å². The number of hydrogen-bond acceptors (Lipinski definition) is 2. The first-order chi connectivity index (χ1) is 9.06. The molecule has 104 valence electrons. The van der Waals surface area contributed by atoms with Crippen LogP contribution >= 0.6 is 31.9 Å². The largest absolute Gasteiger partial charge is 0.480 e. The average Bonchev–Trinajstić information content (AvgIpc) is 2.85. The fraction of sp³-hybridized carbons (Fsp3) is 0.500. The molecule has 2 rings (SSSR count). The zero-order valence-corrected chi connectivity index (χ0v) is 14.0. The van der Waals surface area contributed by atoms with Crippen molar-refractivity contribution in [2.45, 2.75) is 44.8 Å². The lowest BCUT2D eigenvalue weighted by Crippen LogP contribution is -2.41. The van der Waals surface area contributed by atoms with Crippen LogP contribution in [0.5, 0.6) is 5.75 Å². The van der Waals surface area contributed by atoms with Gasteiger partial charge in [-0.15, -0.1) is 0 Å². The van der Waals surface area contributed by atoms with Crippen LogP contribution in [0.4, 0.5) is 0 Å². The number of carbonyl (C=O) groups excluding carboxylic acids is 1. The highest BCUT2D eigenvalue weighted by Crippen LogP contribution is 2.29. The van der Waals surface area contributed by atoms with Gasteiger partial charge in [0.2, 0.25) is 0 Å². The molecule has 0 saturated heterocycles. The summed E-state index contributed by atoms with van der Waals surface area (Å²) in [5.41, 5.74) is 0. The molecule has 0 bridgehead atoms. The Hall–Kier alpha value is -0.550. The average molecular weight is 391 g/mol. The standard InChI is InChI=1S/C14H17Br2NO2/c1-9(14(18)17-11-4-2-3-5-11)19-13-7-6-10(15)8-12(13)16/h6-9,11H,2-5H2,1H3,(H,17,18)/t9-/m1/s1. The predicted octanol–water partition coefficient (Wildman–Crippen LogP) is 4.04. The highest BCUT2D eigenvalue weighted by Gasteiger charge is 2.22. The second-order valence-corrected chi connectivity index (χ2v) is 6.59. The minimum atomic E-state index is -0.488. The molecule has 19 heavy (non-hydrogen) atoms. The molecular weight excluding hydrogens is 374 g/mol. The Morgan fingerprint density at radius 2 is 2.05 bits per heavy atom. The Morgan fingerprint density at radius 1 is 1.37 bits per heavy atom. The molecule has 0 aliphatic heterocycles. The summed E-state index contributed by atoms with van der Waals surface area (Å²) in [4.78, 5) is 12.0. The SMILES string of the molecule is C[C@@H](Oc1ccc(Br)cc1Br)C(=O)NC1CCCC1. The van der Waals surface area contributed by atoms with Crippen LogP contribution in [0.15, 0.2) is 27.1 Å². The zero-order chi connectivity index (χ0) is 13.8. The molecule has 1 atom stereocenters. The number of nitrogens with one attached hydrogen (secondary N) is 1. The van der Waals surface area contributed by atoms with Crippen LogP contribution in [-0.4, -0.2) is 18.1 Å². The predicted molar refractivity (Wildman–Crippen MR) is 82.3 cm³/mol. The third-order valence-corrected chi connectivity index (χ3v) is 4.38. The number of amides is 1. The molecule has 0 spiro atoms. The summed E-state index contributed by atoms with van der Waals surface area (Å²) in [7, 11) is 0. The van der Waals surface area contributed by atoms with Crippen LogP contribution in [0, 0.1) is 0 Å². The quantitative estimate of drug-likeness (QED) is 0.842. The van der Waals surface area contributed by atoms with E-state index in [-0.39, 0.29) is 5.91 Å². The van der Waals surface area contributed by atoms with Crippen LogP contribution in [0.2, 0.25) is 0 Å². The van der Waals surface area contributed by atoms with Gasteiger partial charge in [-0.1, -0.05) is 28.8 Å². The second kappa shape index (κ2) is 6.75. The summed E-state index contributed by atoms with van der Waals surface area (Å²) < 4.78 is 7.50.